The molecule has 0 spiro atoms. The van der Waals surface area contributed by atoms with Crippen molar-refractivity contribution in [2.75, 3.05) is 5.32 Å². The fourth-order valence-corrected chi connectivity index (χ4v) is 4.10. The first kappa shape index (κ1) is 23.7. The normalized spacial score (nSPS) is 10.9. The van der Waals surface area contributed by atoms with Gasteiger partial charge in [-0.15, -0.1) is 0 Å². The summed E-state index contributed by atoms with van der Waals surface area (Å²) in [6.07, 6.45) is 1.79. The second-order valence-corrected chi connectivity index (χ2v) is 9.03. The van der Waals surface area contributed by atoms with Gasteiger partial charge in [0.2, 0.25) is 0 Å². The number of hydrogen-bond donors (Lipinski definition) is 1. The lowest BCUT2D eigenvalue weighted by molar-refractivity contribution is -0.386. The maximum absolute atomic E-state index is 12.7. The molecule has 0 fully saturated rings. The Balaban J connectivity index is 1.42. The van der Waals surface area contributed by atoms with E-state index in [4.69, 9.17) is 11.6 Å². The van der Waals surface area contributed by atoms with Crippen LogP contribution in [0.2, 0.25) is 5.02 Å². The molecule has 2 aromatic carbocycles. The lowest BCUT2D eigenvalue weighted by Crippen LogP contribution is -2.13. The first-order valence-electron chi connectivity index (χ1n) is 10.3. The number of anilines is 1. The van der Waals surface area contributed by atoms with E-state index < -0.39 is 4.92 Å². The number of carbonyl (C=O) groups excluding carboxylic acids is 1. The van der Waals surface area contributed by atoms with Crippen LogP contribution in [0.25, 0.3) is 0 Å². The Bertz CT molecular complexity index is 1360. The van der Waals surface area contributed by atoms with E-state index in [2.05, 4.69) is 31.4 Å². The van der Waals surface area contributed by atoms with Crippen molar-refractivity contribution in [2.24, 2.45) is 0 Å². The second-order valence-electron chi connectivity index (χ2n) is 7.73. The maximum Gasteiger partial charge on any atom is 0.312 e. The molecule has 0 atom stereocenters. The summed E-state index contributed by atoms with van der Waals surface area (Å²) >= 11 is 9.37. The molecule has 1 amide bonds. The molecule has 34 heavy (non-hydrogen) atoms. The van der Waals surface area contributed by atoms with Crippen molar-refractivity contribution in [3.05, 3.63) is 102 Å². The third-order valence-corrected chi connectivity index (χ3v) is 6.11. The Hall–Kier alpha value is -3.50. The van der Waals surface area contributed by atoms with E-state index in [1.54, 1.807) is 53.7 Å². The van der Waals surface area contributed by atoms with E-state index in [1.165, 1.54) is 0 Å². The fourth-order valence-electron chi connectivity index (χ4n) is 3.56. The van der Waals surface area contributed by atoms with Gasteiger partial charge in [-0.05, 0) is 65.2 Å². The van der Waals surface area contributed by atoms with Gasteiger partial charge < -0.3 is 5.32 Å². The fraction of sp³-hybridized carbons (Fsp3) is 0.174. The van der Waals surface area contributed by atoms with Gasteiger partial charge in [0.05, 0.1) is 22.5 Å². The average Bonchev–Trinajstić information content (AvgIpc) is 3.27. The van der Waals surface area contributed by atoms with Crippen molar-refractivity contribution in [2.45, 2.75) is 26.9 Å². The van der Waals surface area contributed by atoms with Crippen LogP contribution in [-0.2, 0) is 13.1 Å². The zero-order valence-corrected chi connectivity index (χ0v) is 20.7. The van der Waals surface area contributed by atoms with Crippen molar-refractivity contribution in [1.82, 2.24) is 19.6 Å². The molecule has 9 nitrogen and oxygen atoms in total. The number of halogens is 2. The summed E-state index contributed by atoms with van der Waals surface area (Å²) in [6, 6.07) is 14.5. The van der Waals surface area contributed by atoms with Crippen LogP contribution in [0.4, 0.5) is 11.5 Å². The third kappa shape index (κ3) is 5.18. The van der Waals surface area contributed by atoms with E-state index >= 15 is 0 Å². The lowest BCUT2D eigenvalue weighted by Gasteiger charge is -2.07. The predicted octanol–water partition coefficient (Wildman–Crippen LogP) is 5.37. The van der Waals surface area contributed by atoms with Crippen molar-refractivity contribution in [3.8, 4) is 0 Å². The number of hydrogen-bond acceptors (Lipinski definition) is 5. The SMILES string of the molecule is Cc1nn(Cc2ccc(C(=O)Nc3nn(Cc4ccc(Cl)cc4)cc3Br)cc2)c(C)c1[N+](=O)[O-]. The van der Waals surface area contributed by atoms with Gasteiger partial charge in [0.25, 0.3) is 5.91 Å². The van der Waals surface area contributed by atoms with Crippen LogP contribution in [0, 0.1) is 24.0 Å². The number of rotatable bonds is 7. The average molecular weight is 544 g/mol. The minimum atomic E-state index is -0.420. The summed E-state index contributed by atoms with van der Waals surface area (Å²) in [6.45, 7) is 4.18. The summed E-state index contributed by atoms with van der Waals surface area (Å²) in [5.41, 5.74) is 3.24. The number of nitro groups is 1. The molecule has 0 unspecified atom stereocenters. The Morgan fingerprint density at radius 1 is 1.06 bits per heavy atom. The third-order valence-electron chi connectivity index (χ3n) is 5.28. The summed E-state index contributed by atoms with van der Waals surface area (Å²) in [4.78, 5) is 23.5. The number of nitrogens with zero attached hydrogens (tertiary/aromatic N) is 5. The molecule has 2 heterocycles. The smallest absolute Gasteiger partial charge is 0.304 e. The zero-order valence-electron chi connectivity index (χ0n) is 18.3. The maximum atomic E-state index is 12.7. The van der Waals surface area contributed by atoms with Gasteiger partial charge in [-0.3, -0.25) is 24.3 Å². The molecule has 4 rings (SSSR count). The van der Waals surface area contributed by atoms with Crippen molar-refractivity contribution >= 4 is 44.9 Å². The molecule has 1 N–H and O–H groups in total. The highest BCUT2D eigenvalue weighted by atomic mass is 79.9. The number of aromatic nitrogens is 4. The van der Waals surface area contributed by atoms with Crippen LogP contribution in [0.5, 0.6) is 0 Å². The van der Waals surface area contributed by atoms with Crippen molar-refractivity contribution in [1.29, 1.82) is 0 Å². The largest absolute Gasteiger partial charge is 0.312 e. The molecule has 11 heteroatoms. The molecule has 0 aliphatic carbocycles. The molecular formula is C23H20BrClN6O3. The molecular weight excluding hydrogens is 524 g/mol. The molecule has 0 bridgehead atoms. The highest BCUT2D eigenvalue weighted by Gasteiger charge is 2.21. The van der Waals surface area contributed by atoms with E-state index in [9.17, 15) is 14.9 Å². The molecule has 174 valence electrons. The van der Waals surface area contributed by atoms with Gasteiger partial charge >= 0.3 is 5.69 Å². The molecule has 4 aromatic rings. The van der Waals surface area contributed by atoms with Gasteiger partial charge in [0.15, 0.2) is 5.82 Å². The van der Waals surface area contributed by atoms with Crippen LogP contribution in [0.15, 0.2) is 59.2 Å². The van der Waals surface area contributed by atoms with E-state index in [-0.39, 0.29) is 11.6 Å². The molecule has 0 saturated heterocycles. The lowest BCUT2D eigenvalue weighted by atomic mass is 10.1. The number of benzene rings is 2. The Morgan fingerprint density at radius 2 is 1.68 bits per heavy atom. The minimum absolute atomic E-state index is 0.0251. The Kier molecular flexibility index (Phi) is 6.80. The van der Waals surface area contributed by atoms with Crippen molar-refractivity contribution < 1.29 is 9.72 Å². The monoisotopic (exact) mass is 542 g/mol. The number of amides is 1. The first-order chi connectivity index (χ1) is 16.2. The van der Waals surface area contributed by atoms with Crippen LogP contribution in [-0.4, -0.2) is 30.4 Å². The molecule has 0 aliphatic heterocycles. The van der Waals surface area contributed by atoms with E-state index in [0.717, 1.165) is 11.1 Å². The van der Waals surface area contributed by atoms with Crippen LogP contribution < -0.4 is 5.32 Å². The topological polar surface area (TPSA) is 108 Å². The van der Waals surface area contributed by atoms with Gasteiger partial charge in [0.1, 0.15) is 11.4 Å². The molecule has 2 aromatic heterocycles. The summed E-state index contributed by atoms with van der Waals surface area (Å²) < 4.78 is 3.98. The quantitative estimate of drug-likeness (QED) is 0.249. The predicted molar refractivity (Wildman–Crippen MR) is 132 cm³/mol. The highest BCUT2D eigenvalue weighted by molar-refractivity contribution is 9.10. The van der Waals surface area contributed by atoms with Crippen LogP contribution in [0.1, 0.15) is 32.9 Å². The molecule has 0 aliphatic rings. The van der Waals surface area contributed by atoms with Crippen LogP contribution >= 0.6 is 27.5 Å². The number of nitrogens with one attached hydrogen (secondary N) is 1. The number of carbonyl (C=O) groups is 1. The summed E-state index contributed by atoms with van der Waals surface area (Å²) in [7, 11) is 0. The summed E-state index contributed by atoms with van der Waals surface area (Å²) in [5, 5.41) is 23.4. The summed E-state index contributed by atoms with van der Waals surface area (Å²) in [5.74, 6) is 0.115. The molecule has 0 radical (unpaired) electrons. The van der Waals surface area contributed by atoms with Gasteiger partial charge in [-0.2, -0.15) is 10.2 Å². The van der Waals surface area contributed by atoms with Crippen LogP contribution in [0.3, 0.4) is 0 Å². The van der Waals surface area contributed by atoms with E-state index in [0.29, 0.717) is 45.4 Å². The van der Waals surface area contributed by atoms with Gasteiger partial charge in [-0.1, -0.05) is 35.9 Å². The number of aryl methyl sites for hydroxylation is 1. The molecule has 0 saturated carbocycles. The van der Waals surface area contributed by atoms with Gasteiger partial charge in [0, 0.05) is 16.8 Å². The second kappa shape index (κ2) is 9.78. The zero-order chi connectivity index (χ0) is 24.4. The Labute approximate surface area is 208 Å². The van der Waals surface area contributed by atoms with Gasteiger partial charge in [-0.25, -0.2) is 0 Å². The standard InChI is InChI=1S/C23H20BrClN6O3/c1-14-21(31(33)34)15(2)30(27-14)12-17-3-7-18(8-4-17)23(32)26-22-20(24)13-29(28-22)11-16-5-9-19(25)10-6-16/h3-10,13H,11-12H2,1-2H3,(H,26,28,32). The van der Waals surface area contributed by atoms with E-state index in [1.807, 2.05) is 24.3 Å². The van der Waals surface area contributed by atoms with Crippen molar-refractivity contribution in [3.63, 3.8) is 0 Å². The Morgan fingerprint density at radius 3 is 2.29 bits per heavy atom. The highest BCUT2D eigenvalue weighted by Crippen LogP contribution is 2.24. The first-order valence-corrected chi connectivity index (χ1v) is 11.4. The minimum Gasteiger partial charge on any atom is -0.304 e.